The van der Waals surface area contributed by atoms with Crippen molar-refractivity contribution in [2.75, 3.05) is 38.2 Å². The van der Waals surface area contributed by atoms with E-state index in [0.717, 1.165) is 64.2 Å². The van der Waals surface area contributed by atoms with E-state index in [-0.39, 0.29) is 11.9 Å². The molecular weight excluding hydrogens is 529 g/mol. The van der Waals surface area contributed by atoms with Crippen LogP contribution in [0.5, 0.6) is 0 Å². The van der Waals surface area contributed by atoms with Gasteiger partial charge in [0.15, 0.2) is 0 Å². The molecule has 6 rings (SSSR count). The molecule has 10 heteroatoms. The smallest absolute Gasteiger partial charge is 0.263 e. The van der Waals surface area contributed by atoms with Gasteiger partial charge in [0.25, 0.3) is 5.91 Å². The number of morpholine rings is 1. The van der Waals surface area contributed by atoms with Crippen molar-refractivity contribution in [2.45, 2.75) is 33.2 Å². The molecule has 0 radical (unpaired) electrons. The molecule has 3 aromatic heterocycles. The summed E-state index contributed by atoms with van der Waals surface area (Å²) in [5.41, 5.74) is 3.30. The molecule has 196 valence electrons. The molecule has 1 saturated heterocycles. The Hall–Kier alpha value is -2.49. The van der Waals surface area contributed by atoms with Crippen LogP contribution in [0.25, 0.3) is 32.2 Å². The second-order valence-corrected chi connectivity index (χ2v) is 10.7. The van der Waals surface area contributed by atoms with Gasteiger partial charge in [-0.1, -0.05) is 43.5 Å². The van der Waals surface area contributed by atoms with Gasteiger partial charge < -0.3 is 20.7 Å². The fourth-order valence-electron chi connectivity index (χ4n) is 4.01. The lowest BCUT2D eigenvalue weighted by molar-refractivity contribution is 0.0949. The summed E-state index contributed by atoms with van der Waals surface area (Å²) in [4.78, 5) is 22.0. The number of thiophene rings is 1. The Balaban J connectivity index is 0.000000305. The third kappa shape index (κ3) is 6.69. The molecule has 5 heterocycles. The van der Waals surface area contributed by atoms with Crippen molar-refractivity contribution in [2.24, 2.45) is 0 Å². The highest BCUT2D eigenvalue weighted by Gasteiger charge is 2.24. The number of benzene rings is 1. The molecule has 0 unspecified atom stereocenters. The summed E-state index contributed by atoms with van der Waals surface area (Å²) >= 11 is 13.6. The molecule has 1 atom stereocenters. The Bertz CT molecular complexity index is 1360. The predicted octanol–water partition coefficient (Wildman–Crippen LogP) is 6.38. The lowest BCUT2D eigenvalue weighted by atomic mass is 10.1. The molecule has 1 fully saturated rings. The average Bonchev–Trinajstić information content (AvgIpc) is 3.21. The Labute approximate surface area is 230 Å². The van der Waals surface area contributed by atoms with Crippen LogP contribution in [0, 0.1) is 0 Å². The van der Waals surface area contributed by atoms with E-state index in [1.807, 2.05) is 31.2 Å². The number of hydrogen-bond acceptors (Lipinski definition) is 7. The van der Waals surface area contributed by atoms with E-state index in [2.05, 4.69) is 34.8 Å². The first-order chi connectivity index (χ1) is 17.9. The highest BCUT2D eigenvalue weighted by Crippen LogP contribution is 2.41. The maximum Gasteiger partial charge on any atom is 0.263 e. The third-order valence-electron chi connectivity index (χ3n) is 5.60. The Kier molecular flexibility index (Phi) is 9.56. The standard InChI is InChI=1S/C20H14Cl2N4OS.C4H9NO.C3H8/c1-9-8-23-18-17-11-2-3-12(10-6-15(21)26-16(22)7-10)25-13(11)4-5-14(17)28-19(18)20(27)24-9;1-3-6-4-2-5-1;1-3-2/h2-7,9,23H,8H2,1H3,(H,24,27);5H,1-4H2;3H2,1-2H3/t9-;;/m1../s1. The monoisotopic (exact) mass is 559 g/mol. The highest BCUT2D eigenvalue weighted by molar-refractivity contribution is 7.21. The van der Waals surface area contributed by atoms with Crippen LogP contribution in [0.1, 0.15) is 36.9 Å². The summed E-state index contributed by atoms with van der Waals surface area (Å²) in [6.45, 7) is 10.8. The van der Waals surface area contributed by atoms with Crippen molar-refractivity contribution in [3.05, 3.63) is 51.6 Å². The normalized spacial score (nSPS) is 16.9. The number of carbonyl (C=O) groups excluding carboxylic acids is 1. The van der Waals surface area contributed by atoms with Crippen LogP contribution in [-0.2, 0) is 4.74 Å². The number of halogens is 2. The van der Waals surface area contributed by atoms with Crippen LogP contribution in [0.4, 0.5) is 5.69 Å². The second kappa shape index (κ2) is 12.8. The Morgan fingerprint density at radius 2 is 1.76 bits per heavy atom. The number of rotatable bonds is 1. The van der Waals surface area contributed by atoms with Crippen LogP contribution in [0.2, 0.25) is 10.3 Å². The van der Waals surface area contributed by atoms with Gasteiger partial charge in [-0.15, -0.1) is 11.3 Å². The zero-order valence-electron chi connectivity index (χ0n) is 21.2. The summed E-state index contributed by atoms with van der Waals surface area (Å²) in [6.07, 6.45) is 1.25. The molecule has 4 aromatic rings. The summed E-state index contributed by atoms with van der Waals surface area (Å²) < 4.78 is 6.06. The van der Waals surface area contributed by atoms with Crippen molar-refractivity contribution in [1.29, 1.82) is 0 Å². The summed E-state index contributed by atoms with van der Waals surface area (Å²) in [6, 6.07) is 11.5. The number of nitrogens with zero attached hydrogens (tertiary/aromatic N) is 2. The van der Waals surface area contributed by atoms with Crippen molar-refractivity contribution in [1.82, 2.24) is 20.6 Å². The number of nitrogens with one attached hydrogen (secondary N) is 3. The van der Waals surface area contributed by atoms with E-state index in [0.29, 0.717) is 21.7 Å². The lowest BCUT2D eigenvalue weighted by Gasteiger charge is -2.10. The second-order valence-electron chi connectivity index (χ2n) is 8.83. The van der Waals surface area contributed by atoms with Gasteiger partial charge in [-0.3, -0.25) is 4.79 Å². The van der Waals surface area contributed by atoms with Crippen LogP contribution < -0.4 is 16.0 Å². The number of aromatic nitrogens is 2. The summed E-state index contributed by atoms with van der Waals surface area (Å²) in [7, 11) is 0. The predicted molar refractivity (Wildman–Crippen MR) is 155 cm³/mol. The van der Waals surface area contributed by atoms with Gasteiger partial charge >= 0.3 is 0 Å². The third-order valence-corrected chi connectivity index (χ3v) is 7.14. The van der Waals surface area contributed by atoms with Gasteiger partial charge in [0.1, 0.15) is 15.2 Å². The van der Waals surface area contributed by atoms with E-state index in [1.165, 1.54) is 17.8 Å². The molecule has 0 saturated carbocycles. The highest BCUT2D eigenvalue weighted by atomic mass is 35.5. The summed E-state index contributed by atoms with van der Waals surface area (Å²) in [5, 5.41) is 12.3. The van der Waals surface area contributed by atoms with Crippen molar-refractivity contribution < 1.29 is 9.53 Å². The fourth-order valence-corrected chi connectivity index (χ4v) is 5.57. The van der Waals surface area contributed by atoms with Crippen LogP contribution >= 0.6 is 34.5 Å². The van der Waals surface area contributed by atoms with Gasteiger partial charge in [-0.25, -0.2) is 9.97 Å². The molecular formula is C27H31Cl2N5O2S. The number of amides is 1. The minimum absolute atomic E-state index is 0.0347. The van der Waals surface area contributed by atoms with E-state index in [4.69, 9.17) is 32.9 Å². The fraction of sp³-hybridized carbons (Fsp3) is 0.370. The number of anilines is 1. The molecule has 1 amide bonds. The molecule has 37 heavy (non-hydrogen) atoms. The maximum absolute atomic E-state index is 12.5. The van der Waals surface area contributed by atoms with Crippen LogP contribution in [0.15, 0.2) is 36.4 Å². The van der Waals surface area contributed by atoms with E-state index in [9.17, 15) is 4.79 Å². The van der Waals surface area contributed by atoms with Crippen LogP contribution in [0.3, 0.4) is 0 Å². The minimum Gasteiger partial charge on any atom is -0.381 e. The lowest BCUT2D eigenvalue weighted by Crippen LogP contribution is -2.34. The number of carbonyl (C=O) groups is 1. The molecule has 7 nitrogen and oxygen atoms in total. The molecule has 0 aliphatic carbocycles. The van der Waals surface area contributed by atoms with E-state index < -0.39 is 0 Å². The first kappa shape index (κ1) is 27.5. The van der Waals surface area contributed by atoms with Gasteiger partial charge in [0.2, 0.25) is 0 Å². The average molecular weight is 561 g/mol. The molecule has 0 spiro atoms. The van der Waals surface area contributed by atoms with Crippen molar-refractivity contribution in [3.63, 3.8) is 0 Å². The number of fused-ring (bicyclic) bond motifs is 5. The molecule has 0 bridgehead atoms. The topological polar surface area (TPSA) is 88.2 Å². The van der Waals surface area contributed by atoms with E-state index >= 15 is 0 Å². The minimum atomic E-state index is -0.0347. The largest absolute Gasteiger partial charge is 0.381 e. The molecule has 3 N–H and O–H groups in total. The van der Waals surface area contributed by atoms with Gasteiger partial charge in [-0.2, -0.15) is 0 Å². The molecule has 1 aromatic carbocycles. The van der Waals surface area contributed by atoms with Gasteiger partial charge in [0, 0.05) is 46.7 Å². The van der Waals surface area contributed by atoms with Crippen LogP contribution in [-0.4, -0.2) is 54.8 Å². The number of pyridine rings is 2. The van der Waals surface area contributed by atoms with Gasteiger partial charge in [-0.05, 0) is 43.3 Å². The zero-order chi connectivity index (χ0) is 26.4. The SMILES string of the molecule is C1COCCN1.CCC.C[C@@H]1CNc2c(sc3ccc4nc(-c5cc(Cl)nc(Cl)c5)ccc4c23)C(=O)N1. The summed E-state index contributed by atoms with van der Waals surface area (Å²) in [5.74, 6) is -0.0347. The van der Waals surface area contributed by atoms with Crippen molar-refractivity contribution >= 4 is 67.1 Å². The van der Waals surface area contributed by atoms with Crippen molar-refractivity contribution in [3.8, 4) is 11.3 Å². The number of hydrogen-bond donors (Lipinski definition) is 3. The zero-order valence-corrected chi connectivity index (χ0v) is 23.5. The maximum atomic E-state index is 12.5. The molecule has 2 aliphatic heterocycles. The van der Waals surface area contributed by atoms with Gasteiger partial charge in [0.05, 0.1) is 30.1 Å². The number of ether oxygens (including phenoxy) is 1. The Morgan fingerprint density at radius 3 is 2.38 bits per heavy atom. The first-order valence-corrected chi connectivity index (χ1v) is 14.0. The quantitative estimate of drug-likeness (QED) is 0.234. The Morgan fingerprint density at radius 1 is 1.05 bits per heavy atom. The molecule has 2 aliphatic rings. The van der Waals surface area contributed by atoms with E-state index in [1.54, 1.807) is 12.1 Å². The first-order valence-electron chi connectivity index (χ1n) is 12.4.